The van der Waals surface area contributed by atoms with E-state index in [1.807, 2.05) is 26.8 Å². The molecule has 0 unspecified atom stereocenters. The lowest BCUT2D eigenvalue weighted by Gasteiger charge is -2.34. The number of rotatable bonds is 4. The maximum atomic E-state index is 12.1. The van der Waals surface area contributed by atoms with Crippen LogP contribution in [-0.2, 0) is 14.3 Å². The van der Waals surface area contributed by atoms with Crippen molar-refractivity contribution in [2.75, 3.05) is 0 Å². The number of epoxide rings is 1. The van der Waals surface area contributed by atoms with E-state index in [1.165, 1.54) is 19.3 Å². The summed E-state index contributed by atoms with van der Waals surface area (Å²) in [7, 11) is 0. The fourth-order valence-electron chi connectivity index (χ4n) is 3.35. The molecule has 6 nitrogen and oxygen atoms in total. The first-order valence-electron chi connectivity index (χ1n) is 8.78. The van der Waals surface area contributed by atoms with Crippen molar-refractivity contribution >= 4 is 5.78 Å². The van der Waals surface area contributed by atoms with Crippen LogP contribution in [0.2, 0.25) is 0 Å². The van der Waals surface area contributed by atoms with Gasteiger partial charge in [-0.05, 0) is 51.0 Å². The van der Waals surface area contributed by atoms with Gasteiger partial charge in [-0.1, -0.05) is 13.0 Å². The average Bonchev–Trinajstić information content (AvgIpc) is 3.26. The summed E-state index contributed by atoms with van der Waals surface area (Å²) in [6.07, 6.45) is 4.38. The summed E-state index contributed by atoms with van der Waals surface area (Å²) in [4.78, 5) is 12.1. The predicted molar refractivity (Wildman–Crippen MR) is 94.9 cm³/mol. The minimum absolute atomic E-state index is 0.00672. The van der Waals surface area contributed by atoms with Gasteiger partial charge in [0.2, 0.25) is 0 Å². The molecule has 0 saturated carbocycles. The molecule has 26 heavy (non-hydrogen) atoms. The molecule has 2 heterocycles. The summed E-state index contributed by atoms with van der Waals surface area (Å²) in [6.45, 7) is 8.80. The number of hydrogen-bond acceptors (Lipinski definition) is 6. The van der Waals surface area contributed by atoms with Crippen LogP contribution in [0.1, 0.15) is 34.6 Å². The lowest BCUT2D eigenvalue weighted by Crippen LogP contribution is -2.50. The number of fused-ring (bicyclic) bond motifs is 1. The van der Waals surface area contributed by atoms with E-state index >= 15 is 0 Å². The smallest absolute Gasteiger partial charge is 0.190 e. The number of hydrogen-bond donors (Lipinski definition) is 3. The molecule has 6 atom stereocenters. The molecule has 3 aliphatic rings. The van der Waals surface area contributed by atoms with Crippen molar-refractivity contribution in [3.8, 4) is 0 Å². The highest BCUT2D eigenvalue weighted by Gasteiger charge is 2.58. The van der Waals surface area contributed by atoms with Crippen molar-refractivity contribution in [2.24, 2.45) is 5.92 Å². The summed E-state index contributed by atoms with van der Waals surface area (Å²) in [5.74, 6) is -0.00125. The molecule has 6 heteroatoms. The van der Waals surface area contributed by atoms with Crippen LogP contribution >= 0.6 is 0 Å². The maximum absolute atomic E-state index is 12.1. The Bertz CT molecular complexity index is 754. The van der Waals surface area contributed by atoms with Crippen LogP contribution in [0.25, 0.3) is 0 Å². The summed E-state index contributed by atoms with van der Waals surface area (Å²) in [5, 5.41) is 30.0. The molecule has 0 aromatic heterocycles. The van der Waals surface area contributed by atoms with Gasteiger partial charge in [-0.15, -0.1) is 0 Å². The van der Waals surface area contributed by atoms with Gasteiger partial charge in [0, 0.05) is 11.5 Å². The molecule has 1 saturated heterocycles. The van der Waals surface area contributed by atoms with Gasteiger partial charge < -0.3 is 24.8 Å². The van der Waals surface area contributed by atoms with E-state index < -0.39 is 29.2 Å². The van der Waals surface area contributed by atoms with Crippen molar-refractivity contribution in [3.63, 3.8) is 0 Å². The monoisotopic (exact) mass is 362 g/mol. The first-order chi connectivity index (χ1) is 12.0. The molecule has 1 aliphatic carbocycles. The minimum atomic E-state index is -1.86. The molecule has 0 spiro atoms. The second kappa shape index (κ2) is 6.16. The topological polar surface area (TPSA) is 99.5 Å². The molecule has 3 N–H and O–H groups in total. The number of allylic oxidation sites excluding steroid dienone is 1. The molecule has 0 bridgehead atoms. The Hall–Kier alpha value is -1.73. The largest absolute Gasteiger partial charge is 0.466 e. The third kappa shape index (κ3) is 2.97. The highest BCUT2D eigenvalue weighted by atomic mass is 16.6. The van der Waals surface area contributed by atoms with Gasteiger partial charge in [-0.2, -0.15) is 0 Å². The van der Waals surface area contributed by atoms with Crippen LogP contribution in [0, 0.1) is 5.92 Å². The number of ketones is 1. The Kier molecular flexibility index (Phi) is 4.51. The number of aliphatic hydroxyl groups is 3. The maximum Gasteiger partial charge on any atom is 0.190 e. The fourth-order valence-corrected chi connectivity index (χ4v) is 3.35. The van der Waals surface area contributed by atoms with Crippen LogP contribution < -0.4 is 0 Å². The first-order valence-corrected chi connectivity index (χ1v) is 8.78. The zero-order valence-corrected chi connectivity index (χ0v) is 15.7. The van der Waals surface area contributed by atoms with E-state index in [9.17, 15) is 20.1 Å². The molecule has 0 amide bonds. The van der Waals surface area contributed by atoms with Gasteiger partial charge in [0.25, 0.3) is 0 Å². The Morgan fingerprint density at radius 2 is 1.96 bits per heavy atom. The van der Waals surface area contributed by atoms with E-state index in [0.29, 0.717) is 16.9 Å². The zero-order chi connectivity index (χ0) is 19.4. The molecule has 2 aliphatic heterocycles. The molecule has 0 radical (unpaired) electrons. The number of carbonyl (C=O) groups is 1. The average molecular weight is 362 g/mol. The predicted octanol–water partition coefficient (Wildman–Crippen LogP) is 1.53. The third-order valence-corrected chi connectivity index (χ3v) is 5.54. The third-order valence-electron chi connectivity index (χ3n) is 5.54. The lowest BCUT2D eigenvalue weighted by molar-refractivity contribution is -0.140. The van der Waals surface area contributed by atoms with Crippen LogP contribution in [-0.4, -0.2) is 50.6 Å². The van der Waals surface area contributed by atoms with E-state index in [1.54, 1.807) is 13.0 Å². The van der Waals surface area contributed by atoms with E-state index in [2.05, 4.69) is 0 Å². The van der Waals surface area contributed by atoms with Gasteiger partial charge in [-0.25, -0.2) is 0 Å². The van der Waals surface area contributed by atoms with Crippen molar-refractivity contribution in [2.45, 2.75) is 64.1 Å². The van der Waals surface area contributed by atoms with Gasteiger partial charge in [0.1, 0.15) is 18.0 Å². The number of carbonyl (C=O) groups excluding carboxylic acids is 1. The summed E-state index contributed by atoms with van der Waals surface area (Å²) in [5.41, 5.74) is -0.644. The summed E-state index contributed by atoms with van der Waals surface area (Å²) in [6, 6.07) is 0. The van der Waals surface area contributed by atoms with Crippen LogP contribution in [0.3, 0.4) is 0 Å². The normalized spacial score (nSPS) is 39.2. The highest BCUT2D eigenvalue weighted by molar-refractivity contribution is 6.01. The van der Waals surface area contributed by atoms with Crippen LogP contribution in [0.4, 0.5) is 0 Å². The van der Waals surface area contributed by atoms with Gasteiger partial charge in [0.05, 0.1) is 12.4 Å². The van der Waals surface area contributed by atoms with Crippen LogP contribution in [0.5, 0.6) is 0 Å². The van der Waals surface area contributed by atoms with Crippen molar-refractivity contribution in [1.29, 1.82) is 0 Å². The van der Waals surface area contributed by atoms with Crippen molar-refractivity contribution < 1.29 is 29.6 Å². The molecule has 0 aromatic rings. The molecule has 3 rings (SSSR count). The summed E-state index contributed by atoms with van der Waals surface area (Å²) >= 11 is 0. The van der Waals surface area contributed by atoms with Crippen LogP contribution in [0.15, 0.2) is 47.0 Å². The number of aliphatic hydroxyl groups excluding tert-OH is 2. The Balaban J connectivity index is 1.83. The molecular weight excluding hydrogens is 336 g/mol. The fraction of sp³-hybridized carbons (Fsp3) is 0.550. The van der Waals surface area contributed by atoms with Crippen molar-refractivity contribution in [1.82, 2.24) is 0 Å². The van der Waals surface area contributed by atoms with Crippen molar-refractivity contribution in [3.05, 3.63) is 47.0 Å². The Morgan fingerprint density at radius 1 is 1.31 bits per heavy atom. The molecule has 1 fully saturated rings. The highest BCUT2D eigenvalue weighted by Crippen LogP contribution is 2.49. The van der Waals surface area contributed by atoms with Gasteiger partial charge >= 0.3 is 0 Å². The lowest BCUT2D eigenvalue weighted by atomic mass is 9.79. The summed E-state index contributed by atoms with van der Waals surface area (Å²) < 4.78 is 11.5. The molecule has 142 valence electrons. The van der Waals surface area contributed by atoms with Gasteiger partial charge in [-0.3, -0.25) is 4.79 Å². The quantitative estimate of drug-likeness (QED) is 0.518. The first kappa shape index (κ1) is 19.0. The number of ether oxygens (including phenoxy) is 2. The standard InChI is InChI=1S/C20H26O6/c1-10(12(3)21)6-11(2)18-20(5,26-18)16-8-13-7-15(22)19(4,24)17(23)14(13)9-25-16/h6-10,12,17-18,21,23-24H,1-5H3/b11-6+/t10-,12+,17-,18+,19-,20+/m1/s1. The SMILES string of the molecule is C/C(=C\[C@@H](C)[C@H](C)O)[C@@H]1O[C@@]1(C)C1=CC2=CC(=O)[C@@](C)(O)[C@H](O)C2=CO1. The Labute approximate surface area is 153 Å². The minimum Gasteiger partial charge on any atom is -0.466 e. The van der Waals surface area contributed by atoms with Gasteiger partial charge in [0.15, 0.2) is 17.0 Å². The second-order valence-electron chi connectivity index (χ2n) is 7.83. The second-order valence-corrected chi connectivity index (χ2v) is 7.83. The Morgan fingerprint density at radius 3 is 2.58 bits per heavy atom. The van der Waals surface area contributed by atoms with E-state index in [-0.39, 0.29) is 12.0 Å². The van der Waals surface area contributed by atoms with E-state index in [0.717, 1.165) is 5.57 Å². The zero-order valence-electron chi connectivity index (χ0n) is 15.7. The molecule has 0 aromatic carbocycles. The van der Waals surface area contributed by atoms with E-state index in [4.69, 9.17) is 9.47 Å². The molecular formula is C20H26O6.